The van der Waals surface area contributed by atoms with Crippen LogP contribution < -0.4 is 5.32 Å². The minimum absolute atomic E-state index is 0.0497. The molecule has 0 aromatic carbocycles. The summed E-state index contributed by atoms with van der Waals surface area (Å²) >= 11 is 8.45. The van der Waals surface area contributed by atoms with Crippen LogP contribution in [0.3, 0.4) is 0 Å². The van der Waals surface area contributed by atoms with Crippen LogP contribution in [0.25, 0.3) is 0 Å². The van der Waals surface area contributed by atoms with E-state index in [1.54, 1.807) is 0 Å². The lowest BCUT2D eigenvalue weighted by atomic mass is 10.1. The largest absolute Gasteiger partial charge is 0.351 e. The van der Waals surface area contributed by atoms with E-state index in [0.717, 1.165) is 15.2 Å². The van der Waals surface area contributed by atoms with Crippen molar-refractivity contribution in [3.05, 3.63) is 20.8 Å². The van der Waals surface area contributed by atoms with Gasteiger partial charge in [0.05, 0.1) is 8.66 Å². The molecule has 1 aliphatic rings. The van der Waals surface area contributed by atoms with Gasteiger partial charge in [-0.2, -0.15) is 0 Å². The average Bonchev–Trinajstić information content (AvgIpc) is 2.84. The van der Waals surface area contributed by atoms with Crippen LogP contribution in [-0.4, -0.2) is 17.3 Å². The molecule has 1 N–H and O–H groups in total. The lowest BCUT2D eigenvalue weighted by molar-refractivity contribution is 0.0951. The molecule has 1 fully saturated rings. The Kier molecular flexibility index (Phi) is 4.44. The van der Waals surface area contributed by atoms with Crippen molar-refractivity contribution in [2.75, 3.05) is 6.54 Å². The molecule has 1 saturated carbocycles. The highest BCUT2D eigenvalue weighted by atomic mass is 79.9. The first-order valence-electron chi connectivity index (χ1n) is 5.33. The third-order valence-corrected chi connectivity index (χ3v) is 5.28. The predicted molar refractivity (Wildman–Crippen MR) is 74.4 cm³/mol. The molecular formula is C11H13Br2NOS. The molecule has 2 atom stereocenters. The molecule has 2 rings (SSSR count). The van der Waals surface area contributed by atoms with Crippen molar-refractivity contribution in [3.63, 3.8) is 0 Å². The molecule has 0 saturated heterocycles. The van der Waals surface area contributed by atoms with Gasteiger partial charge in [-0.3, -0.25) is 4.79 Å². The van der Waals surface area contributed by atoms with Crippen LogP contribution in [0.15, 0.2) is 15.9 Å². The van der Waals surface area contributed by atoms with Gasteiger partial charge in [0, 0.05) is 11.4 Å². The highest BCUT2D eigenvalue weighted by Crippen LogP contribution is 2.30. The molecule has 0 aliphatic heterocycles. The molecule has 1 heterocycles. The summed E-state index contributed by atoms with van der Waals surface area (Å²) < 4.78 is 0.999. The Labute approximate surface area is 116 Å². The van der Waals surface area contributed by atoms with Crippen molar-refractivity contribution in [1.29, 1.82) is 0 Å². The Hall–Kier alpha value is 0.130. The van der Waals surface area contributed by atoms with E-state index in [9.17, 15) is 4.79 Å². The molecule has 5 heteroatoms. The molecule has 16 heavy (non-hydrogen) atoms. The fourth-order valence-corrected chi connectivity index (χ4v) is 4.06. The molecule has 1 amide bonds. The molecule has 88 valence electrons. The fourth-order valence-electron chi connectivity index (χ4n) is 1.96. The minimum atomic E-state index is 0.0497. The van der Waals surface area contributed by atoms with Crippen LogP contribution in [0.4, 0.5) is 0 Å². The molecule has 0 spiro atoms. The number of hydrogen-bond acceptors (Lipinski definition) is 2. The zero-order chi connectivity index (χ0) is 11.5. The van der Waals surface area contributed by atoms with E-state index in [2.05, 4.69) is 37.2 Å². The van der Waals surface area contributed by atoms with Gasteiger partial charge in [0.1, 0.15) is 0 Å². The normalized spacial score (nSPS) is 24.6. The van der Waals surface area contributed by atoms with Gasteiger partial charge in [-0.25, -0.2) is 0 Å². The second-order valence-corrected chi connectivity index (χ2v) is 7.85. The average molecular weight is 367 g/mol. The van der Waals surface area contributed by atoms with Crippen molar-refractivity contribution < 1.29 is 4.79 Å². The maximum Gasteiger partial charge on any atom is 0.261 e. The van der Waals surface area contributed by atoms with E-state index >= 15 is 0 Å². The van der Waals surface area contributed by atoms with Crippen LogP contribution in [-0.2, 0) is 0 Å². The highest BCUT2D eigenvalue weighted by Gasteiger charge is 2.23. The predicted octanol–water partition coefficient (Wildman–Crippen LogP) is 3.80. The number of thiophene rings is 1. The SMILES string of the molecule is O=C(NCC1CCC(Br)C1)c1ccc(Br)s1. The number of carbonyl (C=O) groups is 1. The molecule has 1 aromatic rings. The minimum Gasteiger partial charge on any atom is -0.351 e. The molecule has 2 unspecified atom stereocenters. The maximum atomic E-state index is 11.8. The summed E-state index contributed by atoms with van der Waals surface area (Å²) in [6, 6.07) is 3.76. The van der Waals surface area contributed by atoms with Gasteiger partial charge in [-0.15, -0.1) is 11.3 Å². The van der Waals surface area contributed by atoms with Crippen LogP contribution in [0.2, 0.25) is 0 Å². The first-order valence-corrected chi connectivity index (χ1v) is 7.85. The Morgan fingerprint density at radius 3 is 2.88 bits per heavy atom. The van der Waals surface area contributed by atoms with E-state index in [0.29, 0.717) is 10.7 Å². The Balaban J connectivity index is 1.80. The summed E-state index contributed by atoms with van der Waals surface area (Å²) in [5.41, 5.74) is 0. The highest BCUT2D eigenvalue weighted by molar-refractivity contribution is 9.11. The van der Waals surface area contributed by atoms with E-state index in [1.807, 2.05) is 12.1 Å². The smallest absolute Gasteiger partial charge is 0.261 e. The van der Waals surface area contributed by atoms with Gasteiger partial charge in [-0.1, -0.05) is 15.9 Å². The molecule has 1 aliphatic carbocycles. The zero-order valence-corrected chi connectivity index (χ0v) is 12.7. The summed E-state index contributed by atoms with van der Waals surface area (Å²) in [5.74, 6) is 0.686. The summed E-state index contributed by atoms with van der Waals surface area (Å²) in [6.07, 6.45) is 3.61. The van der Waals surface area contributed by atoms with Crippen molar-refractivity contribution in [2.24, 2.45) is 5.92 Å². The van der Waals surface area contributed by atoms with Gasteiger partial charge in [-0.05, 0) is 53.2 Å². The molecular weight excluding hydrogens is 354 g/mol. The molecule has 2 nitrogen and oxygen atoms in total. The number of alkyl halides is 1. The summed E-state index contributed by atoms with van der Waals surface area (Å²) in [5, 5.41) is 3.00. The first-order chi connectivity index (χ1) is 7.65. The molecule has 1 aromatic heterocycles. The Morgan fingerprint density at radius 1 is 1.50 bits per heavy atom. The number of rotatable bonds is 3. The monoisotopic (exact) mass is 365 g/mol. The van der Waals surface area contributed by atoms with Gasteiger partial charge >= 0.3 is 0 Å². The van der Waals surface area contributed by atoms with Gasteiger partial charge in [0.15, 0.2) is 0 Å². The van der Waals surface area contributed by atoms with Crippen LogP contribution >= 0.6 is 43.2 Å². The van der Waals surface area contributed by atoms with Crippen LogP contribution in [0, 0.1) is 5.92 Å². The van der Waals surface area contributed by atoms with Gasteiger partial charge < -0.3 is 5.32 Å². The van der Waals surface area contributed by atoms with Crippen molar-refractivity contribution in [1.82, 2.24) is 5.32 Å². The van der Waals surface area contributed by atoms with E-state index in [-0.39, 0.29) is 5.91 Å². The lowest BCUT2D eigenvalue weighted by Gasteiger charge is -2.09. The Morgan fingerprint density at radius 2 is 2.31 bits per heavy atom. The van der Waals surface area contributed by atoms with E-state index in [4.69, 9.17) is 0 Å². The van der Waals surface area contributed by atoms with Crippen molar-refractivity contribution in [3.8, 4) is 0 Å². The molecule has 0 bridgehead atoms. The summed E-state index contributed by atoms with van der Waals surface area (Å²) in [6.45, 7) is 0.802. The zero-order valence-electron chi connectivity index (χ0n) is 8.71. The lowest BCUT2D eigenvalue weighted by Crippen LogP contribution is -2.27. The summed E-state index contributed by atoms with van der Waals surface area (Å²) in [4.78, 5) is 13.2. The quantitative estimate of drug-likeness (QED) is 0.810. The second kappa shape index (κ2) is 5.65. The van der Waals surface area contributed by atoms with E-state index in [1.165, 1.54) is 30.6 Å². The number of carbonyl (C=O) groups excluding carboxylic acids is 1. The third kappa shape index (κ3) is 3.31. The number of hydrogen-bond donors (Lipinski definition) is 1. The van der Waals surface area contributed by atoms with Crippen LogP contribution in [0.1, 0.15) is 28.9 Å². The van der Waals surface area contributed by atoms with Gasteiger partial charge in [0.2, 0.25) is 0 Å². The maximum absolute atomic E-state index is 11.8. The van der Waals surface area contributed by atoms with Crippen LogP contribution in [0.5, 0.6) is 0 Å². The number of nitrogens with one attached hydrogen (secondary N) is 1. The molecule has 0 radical (unpaired) electrons. The number of halogens is 2. The third-order valence-electron chi connectivity index (χ3n) is 2.83. The van der Waals surface area contributed by atoms with E-state index < -0.39 is 0 Å². The standard InChI is InChI=1S/C11H13Br2NOS/c12-8-2-1-7(5-8)6-14-11(15)9-3-4-10(13)16-9/h3-4,7-8H,1-2,5-6H2,(H,14,15). The topological polar surface area (TPSA) is 29.1 Å². The second-order valence-electron chi connectivity index (χ2n) is 4.09. The Bertz CT molecular complexity index is 380. The first kappa shape index (κ1) is 12.6. The summed E-state index contributed by atoms with van der Waals surface area (Å²) in [7, 11) is 0. The van der Waals surface area contributed by atoms with Gasteiger partial charge in [0.25, 0.3) is 5.91 Å². The number of amides is 1. The van der Waals surface area contributed by atoms with Crippen molar-refractivity contribution >= 4 is 49.1 Å². The fraction of sp³-hybridized carbons (Fsp3) is 0.545. The van der Waals surface area contributed by atoms with Crippen molar-refractivity contribution in [2.45, 2.75) is 24.1 Å².